The van der Waals surface area contributed by atoms with Crippen LogP contribution >= 0.6 is 15.9 Å². The molecule has 17 nitrogen and oxygen atoms in total. The number of halogens is 1. The molecule has 2 aromatic carbocycles. The van der Waals surface area contributed by atoms with Crippen LogP contribution in [0.1, 0.15) is 61.8 Å². The first-order chi connectivity index (χ1) is 27.5. The van der Waals surface area contributed by atoms with Gasteiger partial charge in [-0.3, -0.25) is 39.0 Å². The second-order valence-corrected chi connectivity index (χ2v) is 14.8. The number of carbonyl (C=O) groups is 5. The molecule has 3 aliphatic heterocycles. The summed E-state index contributed by atoms with van der Waals surface area (Å²) in [5, 5.41) is 12.7. The fourth-order valence-electron chi connectivity index (χ4n) is 7.10. The summed E-state index contributed by atoms with van der Waals surface area (Å²) in [6, 6.07) is 11.4. The molecular weight excluding hydrogens is 806 g/mol. The number of hydrogen-bond donors (Lipinski definition) is 3. The van der Waals surface area contributed by atoms with E-state index in [2.05, 4.69) is 48.9 Å². The van der Waals surface area contributed by atoms with E-state index in [0.717, 1.165) is 30.0 Å². The Labute approximate surface area is 337 Å². The molecular formula is C39H46BrN7O10. The van der Waals surface area contributed by atoms with Crippen LogP contribution in [-0.4, -0.2) is 134 Å². The van der Waals surface area contributed by atoms with Crippen molar-refractivity contribution in [3.05, 3.63) is 85.7 Å². The number of aromatic nitrogens is 2. The lowest BCUT2D eigenvalue weighted by Crippen LogP contribution is -2.54. The van der Waals surface area contributed by atoms with E-state index in [4.69, 9.17) is 18.9 Å². The van der Waals surface area contributed by atoms with Gasteiger partial charge >= 0.3 is 0 Å². The van der Waals surface area contributed by atoms with Crippen LogP contribution in [0.5, 0.6) is 5.75 Å². The second kappa shape index (κ2) is 19.4. The summed E-state index contributed by atoms with van der Waals surface area (Å²) in [5.41, 5.74) is 2.41. The third kappa shape index (κ3) is 10.3. The van der Waals surface area contributed by atoms with Gasteiger partial charge in [-0.2, -0.15) is 5.10 Å². The highest BCUT2D eigenvalue weighted by Crippen LogP contribution is 2.34. The van der Waals surface area contributed by atoms with E-state index in [1.54, 1.807) is 25.4 Å². The number of carbonyl (C=O) groups excluding carboxylic acids is 5. The fourth-order valence-corrected chi connectivity index (χ4v) is 7.57. The van der Waals surface area contributed by atoms with Gasteiger partial charge in [0.05, 0.1) is 62.7 Å². The van der Waals surface area contributed by atoms with E-state index in [9.17, 15) is 28.8 Å². The molecule has 5 amide bonds. The summed E-state index contributed by atoms with van der Waals surface area (Å²) >= 11 is 3.39. The molecule has 1 aromatic heterocycles. The van der Waals surface area contributed by atoms with Gasteiger partial charge in [0.2, 0.25) is 11.8 Å². The van der Waals surface area contributed by atoms with Gasteiger partial charge in [0, 0.05) is 44.7 Å². The number of fused-ring (bicyclic) bond motifs is 1. The van der Waals surface area contributed by atoms with Crippen LogP contribution in [0.4, 0.5) is 5.69 Å². The topological polar surface area (TPSA) is 200 Å². The van der Waals surface area contributed by atoms with E-state index in [-0.39, 0.29) is 66.4 Å². The van der Waals surface area contributed by atoms with Crippen molar-refractivity contribution in [1.82, 2.24) is 30.2 Å². The predicted molar refractivity (Wildman–Crippen MR) is 209 cm³/mol. The molecule has 1 unspecified atom stereocenters. The lowest BCUT2D eigenvalue weighted by Gasteiger charge is -2.37. The van der Waals surface area contributed by atoms with Crippen LogP contribution in [-0.2, 0) is 30.8 Å². The number of hydrogen-bond acceptors (Lipinski definition) is 13. The molecule has 3 aromatic rings. The Kier molecular flexibility index (Phi) is 14.2. The maximum absolute atomic E-state index is 13.2. The van der Waals surface area contributed by atoms with Crippen molar-refractivity contribution in [1.29, 1.82) is 0 Å². The molecule has 0 radical (unpaired) electrons. The van der Waals surface area contributed by atoms with Gasteiger partial charge in [0.25, 0.3) is 23.3 Å². The summed E-state index contributed by atoms with van der Waals surface area (Å²) < 4.78 is 24.2. The average molecular weight is 853 g/mol. The quantitative estimate of drug-likeness (QED) is 0.124. The van der Waals surface area contributed by atoms with Crippen molar-refractivity contribution >= 4 is 51.2 Å². The Morgan fingerprint density at radius 3 is 2.32 bits per heavy atom. The molecule has 3 aliphatic rings. The number of piperidine rings is 2. The molecule has 0 saturated carbocycles. The Morgan fingerprint density at radius 2 is 1.60 bits per heavy atom. The van der Waals surface area contributed by atoms with Crippen molar-refractivity contribution in [3.63, 3.8) is 0 Å². The number of rotatable bonds is 18. The summed E-state index contributed by atoms with van der Waals surface area (Å²) in [7, 11) is 3.68. The molecule has 0 aliphatic carbocycles. The van der Waals surface area contributed by atoms with Gasteiger partial charge in [-0.25, -0.2) is 4.68 Å². The monoisotopic (exact) mass is 851 g/mol. The zero-order valence-electron chi connectivity index (χ0n) is 31.8. The van der Waals surface area contributed by atoms with E-state index in [0.29, 0.717) is 55.3 Å². The minimum atomic E-state index is -1.05. The van der Waals surface area contributed by atoms with Crippen molar-refractivity contribution < 1.29 is 42.9 Å². The average Bonchev–Trinajstić information content (AvgIpc) is 3.45. The van der Waals surface area contributed by atoms with Gasteiger partial charge in [-0.1, -0.05) is 18.2 Å². The number of ether oxygens (including phenoxy) is 4. The van der Waals surface area contributed by atoms with E-state index in [1.165, 1.54) is 10.7 Å². The van der Waals surface area contributed by atoms with Crippen molar-refractivity contribution in [3.8, 4) is 5.75 Å². The highest BCUT2D eigenvalue weighted by molar-refractivity contribution is 9.10. The number of imide groups is 2. The zero-order valence-corrected chi connectivity index (χ0v) is 33.4. The SMILES string of the molecule is CN1C[C@@H](Nc2cnn(C)c(=O)c2Br)C[C@@H](c2ccc(C(=O)NCCOCCOCCOCCOc3cccc4c3C(=O)N(C3CCC(=O)NC3=O)C4=O)cc2)C1. The van der Waals surface area contributed by atoms with E-state index in [1.807, 2.05) is 24.3 Å². The van der Waals surface area contributed by atoms with Crippen LogP contribution in [0.15, 0.2) is 57.9 Å². The minimum Gasteiger partial charge on any atom is -0.490 e. The van der Waals surface area contributed by atoms with Crippen molar-refractivity contribution in [2.45, 2.75) is 37.3 Å². The molecule has 3 atom stereocenters. The van der Waals surface area contributed by atoms with E-state index >= 15 is 0 Å². The molecule has 4 heterocycles. The van der Waals surface area contributed by atoms with E-state index < -0.39 is 29.7 Å². The first-order valence-electron chi connectivity index (χ1n) is 18.8. The molecule has 2 saturated heterocycles. The molecule has 18 heteroatoms. The summed E-state index contributed by atoms with van der Waals surface area (Å²) in [6.07, 6.45) is 2.63. The van der Waals surface area contributed by atoms with Gasteiger partial charge in [-0.15, -0.1) is 0 Å². The minimum absolute atomic E-state index is 0.0406. The molecule has 2 fully saturated rings. The molecule has 0 bridgehead atoms. The third-order valence-corrected chi connectivity index (χ3v) is 10.7. The smallest absolute Gasteiger partial charge is 0.282 e. The summed E-state index contributed by atoms with van der Waals surface area (Å²) in [5.74, 6) is -2.06. The fraction of sp³-hybridized carbons (Fsp3) is 0.462. The number of likely N-dealkylation sites (N-methyl/N-ethyl adjacent to an activating group) is 1. The number of anilines is 1. The van der Waals surface area contributed by atoms with Crippen LogP contribution in [0.2, 0.25) is 0 Å². The molecule has 304 valence electrons. The van der Waals surface area contributed by atoms with Gasteiger partial charge < -0.3 is 34.5 Å². The first kappa shape index (κ1) is 41.6. The standard InChI is InChI=1S/C39H46BrN7O10/c1-45-22-26(20-27(23-45)43-29-21-42-46(2)39(53)34(29)40)24-6-8-25(9-7-24)35(49)41-12-13-54-14-15-55-16-17-56-18-19-57-31-5-3-4-28-33(31)38(52)47(37(28)51)30-10-11-32(48)44-36(30)50/h3-9,21,26-27,30,43H,10-20,22-23H2,1-2H3,(H,41,49)(H,44,48,50)/t26-,27+,30?/m1/s1. The Hall–Kier alpha value is -5.01. The third-order valence-electron chi connectivity index (χ3n) is 9.91. The first-order valence-corrected chi connectivity index (χ1v) is 19.6. The van der Waals surface area contributed by atoms with Crippen LogP contribution < -0.4 is 26.2 Å². The highest BCUT2D eigenvalue weighted by Gasteiger charge is 2.46. The van der Waals surface area contributed by atoms with Crippen molar-refractivity contribution in [2.24, 2.45) is 7.05 Å². The number of nitrogens with one attached hydrogen (secondary N) is 3. The number of amides is 5. The molecule has 0 spiro atoms. The molecule has 6 rings (SSSR count). The van der Waals surface area contributed by atoms with Gasteiger partial charge in [-0.05, 0) is 71.6 Å². The second-order valence-electron chi connectivity index (χ2n) is 14.0. The van der Waals surface area contributed by atoms with Crippen LogP contribution in [0.25, 0.3) is 0 Å². The number of nitrogens with zero attached hydrogens (tertiary/aromatic N) is 4. The Balaban J connectivity index is 0.812. The summed E-state index contributed by atoms with van der Waals surface area (Å²) in [4.78, 5) is 78.1. The predicted octanol–water partition coefficient (Wildman–Crippen LogP) is 1.70. The normalized spacial score (nSPS) is 19.7. The maximum atomic E-state index is 13.2. The van der Waals surface area contributed by atoms with Crippen LogP contribution in [0, 0.1) is 0 Å². The zero-order chi connectivity index (χ0) is 40.5. The van der Waals surface area contributed by atoms with Gasteiger partial charge in [0.1, 0.15) is 22.9 Å². The molecule has 57 heavy (non-hydrogen) atoms. The number of aryl methyl sites for hydroxylation is 1. The van der Waals surface area contributed by atoms with Crippen molar-refractivity contribution in [2.75, 3.05) is 78.2 Å². The van der Waals surface area contributed by atoms with Crippen LogP contribution in [0.3, 0.4) is 0 Å². The number of benzene rings is 2. The lowest BCUT2D eigenvalue weighted by molar-refractivity contribution is -0.136. The van der Waals surface area contributed by atoms with Gasteiger partial charge in [0.15, 0.2) is 0 Å². The molecule has 3 N–H and O–H groups in total. The Morgan fingerprint density at radius 1 is 0.895 bits per heavy atom. The lowest BCUT2D eigenvalue weighted by atomic mass is 9.87. The summed E-state index contributed by atoms with van der Waals surface area (Å²) in [6.45, 7) is 4.00. The largest absolute Gasteiger partial charge is 0.490 e. The maximum Gasteiger partial charge on any atom is 0.282 e. The number of likely N-dealkylation sites (tertiary alicyclic amines) is 1. The Bertz CT molecular complexity index is 2030. The highest BCUT2D eigenvalue weighted by atomic mass is 79.9.